The van der Waals surface area contributed by atoms with Crippen molar-refractivity contribution in [3.05, 3.63) is 58.4 Å². The minimum Gasteiger partial charge on any atom is -0.495 e. The van der Waals surface area contributed by atoms with Crippen LogP contribution in [0.25, 0.3) is 11.3 Å². The number of methoxy groups -OCH3 is 1. The van der Waals surface area contributed by atoms with E-state index in [-0.39, 0.29) is 16.3 Å². The molecule has 6 nitrogen and oxygen atoms in total. The second-order valence-corrected chi connectivity index (χ2v) is 7.99. The summed E-state index contributed by atoms with van der Waals surface area (Å²) in [5.74, 6) is -0.171. The van der Waals surface area contributed by atoms with Crippen LogP contribution < -0.4 is 9.46 Å². The first-order chi connectivity index (χ1) is 12.3. The van der Waals surface area contributed by atoms with Crippen molar-refractivity contribution in [1.82, 2.24) is 5.16 Å². The number of nitrogens with zero attached hydrogens (tertiary/aromatic N) is 1. The summed E-state index contributed by atoms with van der Waals surface area (Å²) < 4.78 is 52.7. The summed E-state index contributed by atoms with van der Waals surface area (Å²) in [4.78, 5) is -0.145. The van der Waals surface area contributed by atoms with E-state index in [1.165, 1.54) is 37.4 Å². The molecule has 0 aliphatic rings. The summed E-state index contributed by atoms with van der Waals surface area (Å²) in [5, 5.41) is 3.79. The molecule has 26 heavy (non-hydrogen) atoms. The van der Waals surface area contributed by atoms with Crippen molar-refractivity contribution in [1.29, 1.82) is 0 Å². The Labute approximate surface area is 158 Å². The molecule has 1 heterocycles. The summed E-state index contributed by atoms with van der Waals surface area (Å²) >= 11 is 3.13. The fraction of sp³-hybridized carbons (Fsp3) is 0.118. The number of halogens is 2. The zero-order valence-electron chi connectivity index (χ0n) is 13.8. The summed E-state index contributed by atoms with van der Waals surface area (Å²) in [5.41, 5.74) is 0.995. The van der Waals surface area contributed by atoms with E-state index in [9.17, 15) is 12.8 Å². The number of benzene rings is 2. The van der Waals surface area contributed by atoms with Gasteiger partial charge in [0.25, 0.3) is 10.0 Å². The molecular weight excluding hydrogens is 427 g/mol. The van der Waals surface area contributed by atoms with Crippen LogP contribution >= 0.6 is 15.9 Å². The SMILES string of the molecule is COc1ccc(-c2cc(C)no2)cc1S(=O)(=O)Nc1ccc(Br)cc1F. The third kappa shape index (κ3) is 3.73. The molecule has 0 atom stereocenters. The average Bonchev–Trinajstić information content (AvgIpc) is 3.03. The minimum absolute atomic E-state index is 0.120. The number of ether oxygens (including phenoxy) is 1. The van der Waals surface area contributed by atoms with Gasteiger partial charge in [0.1, 0.15) is 16.5 Å². The van der Waals surface area contributed by atoms with Crippen LogP contribution in [0.1, 0.15) is 5.69 Å². The number of anilines is 1. The average molecular weight is 441 g/mol. The monoisotopic (exact) mass is 440 g/mol. The zero-order valence-corrected chi connectivity index (χ0v) is 16.2. The van der Waals surface area contributed by atoms with Crippen LogP contribution in [0.5, 0.6) is 5.75 Å². The van der Waals surface area contributed by atoms with E-state index in [1.54, 1.807) is 19.1 Å². The Morgan fingerprint density at radius 1 is 1.19 bits per heavy atom. The van der Waals surface area contributed by atoms with Gasteiger partial charge in [-0.15, -0.1) is 0 Å². The molecule has 0 fully saturated rings. The summed E-state index contributed by atoms with van der Waals surface area (Å²) in [6, 6.07) is 10.2. The van der Waals surface area contributed by atoms with Gasteiger partial charge >= 0.3 is 0 Å². The van der Waals surface area contributed by atoms with E-state index in [0.717, 1.165) is 0 Å². The molecule has 0 bridgehead atoms. The van der Waals surface area contributed by atoms with Crippen LogP contribution in [0.15, 0.2) is 56.4 Å². The number of hydrogen-bond acceptors (Lipinski definition) is 5. The Balaban J connectivity index is 2.05. The van der Waals surface area contributed by atoms with Crippen molar-refractivity contribution in [2.24, 2.45) is 0 Å². The summed E-state index contributed by atoms with van der Waals surface area (Å²) in [6.45, 7) is 1.76. The molecule has 0 spiro atoms. The maximum absolute atomic E-state index is 14.0. The van der Waals surface area contributed by atoms with Gasteiger partial charge in [-0.05, 0) is 43.3 Å². The van der Waals surface area contributed by atoms with Crippen molar-refractivity contribution in [2.45, 2.75) is 11.8 Å². The Bertz CT molecular complexity index is 1070. The Morgan fingerprint density at radius 2 is 1.96 bits per heavy atom. The number of aromatic nitrogens is 1. The van der Waals surface area contributed by atoms with Crippen LogP contribution in [0, 0.1) is 12.7 Å². The second kappa shape index (κ2) is 7.08. The standard InChI is InChI=1S/C17H14BrFN2O4S/c1-10-7-16(25-20-10)11-3-6-15(24-2)17(8-11)26(22,23)21-14-5-4-12(18)9-13(14)19/h3-9,21H,1-2H3. The molecule has 0 unspecified atom stereocenters. The Morgan fingerprint density at radius 3 is 2.58 bits per heavy atom. The predicted molar refractivity (Wildman–Crippen MR) is 98.1 cm³/mol. The van der Waals surface area contributed by atoms with Gasteiger partial charge in [-0.1, -0.05) is 21.1 Å². The normalized spacial score (nSPS) is 11.4. The lowest BCUT2D eigenvalue weighted by Gasteiger charge is -2.13. The van der Waals surface area contributed by atoms with Gasteiger partial charge in [0.05, 0.1) is 18.5 Å². The molecule has 136 valence electrons. The summed E-state index contributed by atoms with van der Waals surface area (Å²) in [7, 11) is -2.75. The molecule has 0 aliphatic heterocycles. The second-order valence-electron chi connectivity index (χ2n) is 5.43. The lowest BCUT2D eigenvalue weighted by Crippen LogP contribution is -2.15. The van der Waals surface area contributed by atoms with Gasteiger partial charge in [-0.25, -0.2) is 12.8 Å². The number of sulfonamides is 1. The Hall–Kier alpha value is -2.39. The van der Waals surface area contributed by atoms with Crippen LogP contribution in [0.4, 0.5) is 10.1 Å². The van der Waals surface area contributed by atoms with E-state index < -0.39 is 15.8 Å². The molecule has 2 aromatic carbocycles. The van der Waals surface area contributed by atoms with Gasteiger partial charge in [-0.3, -0.25) is 4.72 Å². The van der Waals surface area contributed by atoms with E-state index in [2.05, 4.69) is 25.8 Å². The van der Waals surface area contributed by atoms with Crippen molar-refractivity contribution >= 4 is 31.6 Å². The lowest BCUT2D eigenvalue weighted by molar-refractivity contribution is 0.402. The van der Waals surface area contributed by atoms with E-state index in [0.29, 0.717) is 21.5 Å². The number of rotatable bonds is 5. The van der Waals surface area contributed by atoms with Gasteiger partial charge in [0.15, 0.2) is 5.76 Å². The maximum Gasteiger partial charge on any atom is 0.265 e. The van der Waals surface area contributed by atoms with Crippen LogP contribution in [-0.4, -0.2) is 20.7 Å². The highest BCUT2D eigenvalue weighted by Gasteiger charge is 2.23. The van der Waals surface area contributed by atoms with E-state index >= 15 is 0 Å². The minimum atomic E-state index is -4.11. The van der Waals surface area contributed by atoms with Crippen molar-refractivity contribution < 1.29 is 22.1 Å². The van der Waals surface area contributed by atoms with Gasteiger partial charge in [0.2, 0.25) is 0 Å². The van der Waals surface area contributed by atoms with E-state index in [1.807, 2.05) is 0 Å². The fourth-order valence-corrected chi connectivity index (χ4v) is 3.91. The first-order valence-corrected chi connectivity index (χ1v) is 9.67. The maximum atomic E-state index is 14.0. The molecule has 0 aliphatic carbocycles. The Kier molecular flexibility index (Phi) is 5.01. The van der Waals surface area contributed by atoms with E-state index in [4.69, 9.17) is 9.26 Å². The molecule has 0 saturated heterocycles. The smallest absolute Gasteiger partial charge is 0.265 e. The van der Waals surface area contributed by atoms with Crippen molar-refractivity contribution in [3.8, 4) is 17.1 Å². The molecule has 0 saturated carbocycles. The predicted octanol–water partition coefficient (Wildman–Crippen LogP) is 4.36. The highest BCUT2D eigenvalue weighted by molar-refractivity contribution is 9.10. The first-order valence-electron chi connectivity index (χ1n) is 7.40. The number of hydrogen-bond donors (Lipinski definition) is 1. The topological polar surface area (TPSA) is 81.4 Å². The molecule has 0 amide bonds. The van der Waals surface area contributed by atoms with Crippen LogP contribution in [0.3, 0.4) is 0 Å². The van der Waals surface area contributed by atoms with Crippen molar-refractivity contribution in [2.75, 3.05) is 11.8 Å². The first kappa shape index (κ1) is 18.4. The van der Waals surface area contributed by atoms with Gasteiger partial charge in [0, 0.05) is 16.1 Å². The molecule has 1 aromatic heterocycles. The molecular formula is C17H14BrFN2O4S. The molecule has 1 N–H and O–H groups in total. The quantitative estimate of drug-likeness (QED) is 0.637. The third-order valence-corrected chi connectivity index (χ3v) is 5.42. The number of aryl methyl sites for hydroxylation is 1. The molecule has 3 aromatic rings. The van der Waals surface area contributed by atoms with Gasteiger partial charge < -0.3 is 9.26 Å². The highest BCUT2D eigenvalue weighted by Crippen LogP contribution is 2.32. The molecule has 0 radical (unpaired) electrons. The van der Waals surface area contributed by atoms with Crippen molar-refractivity contribution in [3.63, 3.8) is 0 Å². The van der Waals surface area contributed by atoms with Gasteiger partial charge in [-0.2, -0.15) is 0 Å². The van der Waals surface area contributed by atoms with Crippen LogP contribution in [0.2, 0.25) is 0 Å². The number of nitrogens with one attached hydrogen (secondary N) is 1. The zero-order chi connectivity index (χ0) is 18.9. The highest BCUT2D eigenvalue weighted by atomic mass is 79.9. The third-order valence-electron chi connectivity index (χ3n) is 3.54. The largest absolute Gasteiger partial charge is 0.495 e. The van der Waals surface area contributed by atoms with Crippen LogP contribution in [-0.2, 0) is 10.0 Å². The lowest BCUT2D eigenvalue weighted by atomic mass is 10.1. The molecule has 9 heteroatoms. The fourth-order valence-electron chi connectivity index (χ4n) is 2.31. The summed E-state index contributed by atoms with van der Waals surface area (Å²) in [6.07, 6.45) is 0. The molecule has 3 rings (SSSR count).